The van der Waals surface area contributed by atoms with Crippen molar-refractivity contribution in [1.29, 1.82) is 0 Å². The van der Waals surface area contributed by atoms with Crippen molar-refractivity contribution < 1.29 is 24.1 Å². The lowest BCUT2D eigenvalue weighted by atomic mass is 10.1. The number of rotatable bonds is 5. The van der Waals surface area contributed by atoms with Gasteiger partial charge < -0.3 is 10.2 Å². The van der Waals surface area contributed by atoms with Gasteiger partial charge in [0.05, 0.1) is 16.5 Å². The first-order valence-corrected chi connectivity index (χ1v) is 9.15. The van der Waals surface area contributed by atoms with Crippen molar-refractivity contribution in [2.45, 2.75) is 12.5 Å². The van der Waals surface area contributed by atoms with Crippen LogP contribution in [-0.4, -0.2) is 52.6 Å². The zero-order valence-electron chi connectivity index (χ0n) is 15.6. The van der Waals surface area contributed by atoms with Crippen LogP contribution in [0.15, 0.2) is 48.5 Å². The van der Waals surface area contributed by atoms with Crippen molar-refractivity contribution in [1.82, 2.24) is 10.2 Å². The molecule has 2 heterocycles. The van der Waals surface area contributed by atoms with E-state index in [4.69, 9.17) is 0 Å². The van der Waals surface area contributed by atoms with Gasteiger partial charge in [0, 0.05) is 24.7 Å². The number of nitrogens with one attached hydrogen (secondary N) is 1. The monoisotopic (exact) mass is 408 g/mol. The third-order valence-corrected chi connectivity index (χ3v) is 5.03. The van der Waals surface area contributed by atoms with E-state index in [1.54, 1.807) is 29.2 Å². The number of para-hydroxylation sites is 1. The molecule has 2 aliphatic rings. The number of amides is 4. The summed E-state index contributed by atoms with van der Waals surface area (Å²) < 4.78 is 0. The van der Waals surface area contributed by atoms with E-state index in [0.29, 0.717) is 10.6 Å². The van der Waals surface area contributed by atoms with E-state index in [9.17, 15) is 29.3 Å². The maximum absolute atomic E-state index is 12.6. The first-order valence-electron chi connectivity index (χ1n) is 9.15. The topological polar surface area (TPSA) is 130 Å². The van der Waals surface area contributed by atoms with Gasteiger partial charge in [0.1, 0.15) is 12.1 Å². The molecule has 0 spiro atoms. The lowest BCUT2D eigenvalue weighted by Gasteiger charge is -2.18. The first-order chi connectivity index (χ1) is 14.4. The van der Waals surface area contributed by atoms with Gasteiger partial charge in [0.25, 0.3) is 17.5 Å². The van der Waals surface area contributed by atoms with E-state index in [2.05, 4.69) is 5.32 Å². The Morgan fingerprint density at radius 3 is 2.50 bits per heavy atom. The summed E-state index contributed by atoms with van der Waals surface area (Å²) in [5, 5.41) is 13.8. The number of nitrogens with zero attached hydrogens (tertiary/aromatic N) is 3. The van der Waals surface area contributed by atoms with Crippen LogP contribution in [0.5, 0.6) is 0 Å². The number of fused-ring (bicyclic) bond motifs is 1. The van der Waals surface area contributed by atoms with Gasteiger partial charge in [0.2, 0.25) is 11.8 Å². The lowest BCUT2D eigenvalue weighted by Crippen LogP contribution is -2.45. The number of carbonyl (C=O) groups is 4. The van der Waals surface area contributed by atoms with E-state index in [1.807, 2.05) is 6.07 Å². The maximum atomic E-state index is 12.6. The van der Waals surface area contributed by atoms with E-state index in [-0.39, 0.29) is 30.0 Å². The molecule has 0 unspecified atom stereocenters. The molecule has 0 aromatic heterocycles. The Hall–Kier alpha value is -4.08. The summed E-state index contributed by atoms with van der Waals surface area (Å²) in [5.74, 6) is -2.42. The summed E-state index contributed by atoms with van der Waals surface area (Å²) in [5.41, 5.74) is -0.180. The van der Waals surface area contributed by atoms with Crippen LogP contribution in [0.2, 0.25) is 0 Å². The third-order valence-electron chi connectivity index (χ3n) is 5.03. The summed E-state index contributed by atoms with van der Waals surface area (Å²) in [6.45, 7) is -0.318. The minimum Gasteiger partial charge on any atom is -0.349 e. The molecule has 4 rings (SSSR count). The fourth-order valence-electron chi connectivity index (χ4n) is 3.69. The highest BCUT2D eigenvalue weighted by Gasteiger charge is 2.42. The van der Waals surface area contributed by atoms with Gasteiger partial charge in [0.15, 0.2) is 0 Å². The van der Waals surface area contributed by atoms with Crippen molar-refractivity contribution in [3.8, 4) is 0 Å². The molecule has 1 N–H and O–H groups in total. The normalized spacial score (nSPS) is 18.0. The molecule has 1 fully saturated rings. The number of hydrogen-bond acceptors (Lipinski definition) is 6. The SMILES string of the molecule is O=C(CN1C(=O)c2cccc([N+](=O)[O-])c2C1=O)N[C@H]1CC(=O)N(c2ccccc2)C1. The number of anilines is 1. The van der Waals surface area contributed by atoms with E-state index in [0.717, 1.165) is 6.07 Å². The second-order valence-electron chi connectivity index (χ2n) is 6.96. The Bertz CT molecular complexity index is 1080. The predicted octanol–water partition coefficient (Wildman–Crippen LogP) is 1.11. The molecule has 2 aromatic carbocycles. The number of hydrogen-bond donors (Lipinski definition) is 1. The van der Waals surface area contributed by atoms with Gasteiger partial charge in [-0.15, -0.1) is 0 Å². The zero-order valence-corrected chi connectivity index (χ0v) is 15.6. The Morgan fingerprint density at radius 2 is 1.80 bits per heavy atom. The highest BCUT2D eigenvalue weighted by molar-refractivity contribution is 6.24. The average Bonchev–Trinajstić information content (AvgIpc) is 3.21. The Balaban J connectivity index is 1.43. The molecular weight excluding hydrogens is 392 g/mol. The van der Waals surface area contributed by atoms with Crippen molar-refractivity contribution in [2.75, 3.05) is 18.0 Å². The van der Waals surface area contributed by atoms with Crippen molar-refractivity contribution in [2.24, 2.45) is 0 Å². The van der Waals surface area contributed by atoms with Gasteiger partial charge in [-0.1, -0.05) is 24.3 Å². The Labute approximate surface area is 170 Å². The summed E-state index contributed by atoms with van der Waals surface area (Å²) in [6.07, 6.45) is 0.0915. The number of nitro benzene ring substituents is 1. The van der Waals surface area contributed by atoms with Gasteiger partial charge in [-0.2, -0.15) is 0 Å². The minimum absolute atomic E-state index is 0.0915. The zero-order chi connectivity index (χ0) is 21.4. The maximum Gasteiger partial charge on any atom is 0.282 e. The molecule has 30 heavy (non-hydrogen) atoms. The summed E-state index contributed by atoms with van der Waals surface area (Å²) in [6, 6.07) is 12.3. The number of benzene rings is 2. The smallest absolute Gasteiger partial charge is 0.282 e. The molecular formula is C20H16N4O6. The molecule has 10 nitrogen and oxygen atoms in total. The molecule has 2 aliphatic heterocycles. The van der Waals surface area contributed by atoms with Crippen molar-refractivity contribution in [3.05, 3.63) is 69.8 Å². The molecule has 1 saturated heterocycles. The summed E-state index contributed by atoms with van der Waals surface area (Å²) in [4.78, 5) is 62.4. The van der Waals surface area contributed by atoms with Crippen LogP contribution in [0.4, 0.5) is 11.4 Å². The van der Waals surface area contributed by atoms with Crippen LogP contribution in [0.1, 0.15) is 27.1 Å². The molecule has 152 valence electrons. The standard InChI is InChI=1S/C20H16N4O6/c25-16(21-12-9-17(26)22(10-12)13-5-2-1-3-6-13)11-23-19(27)14-7-4-8-15(24(29)30)18(14)20(23)28/h1-8,12H,9-11H2,(H,21,25)/t12-/m0/s1. The quantitative estimate of drug-likeness (QED) is 0.448. The van der Waals surface area contributed by atoms with E-state index < -0.39 is 40.9 Å². The number of nitro groups is 1. The van der Waals surface area contributed by atoms with Crippen LogP contribution in [0.3, 0.4) is 0 Å². The lowest BCUT2D eigenvalue weighted by molar-refractivity contribution is -0.385. The predicted molar refractivity (Wildman–Crippen MR) is 104 cm³/mol. The molecule has 0 aliphatic carbocycles. The number of carbonyl (C=O) groups excluding carboxylic acids is 4. The Kier molecular flexibility index (Phi) is 4.74. The van der Waals surface area contributed by atoms with Gasteiger partial charge in [-0.05, 0) is 18.2 Å². The molecule has 0 radical (unpaired) electrons. The molecule has 1 atom stereocenters. The summed E-state index contributed by atoms with van der Waals surface area (Å²) >= 11 is 0. The van der Waals surface area contributed by atoms with Gasteiger partial charge >= 0.3 is 0 Å². The van der Waals surface area contributed by atoms with E-state index >= 15 is 0 Å². The molecule has 0 saturated carbocycles. The summed E-state index contributed by atoms with van der Waals surface area (Å²) in [7, 11) is 0. The fraction of sp³-hybridized carbons (Fsp3) is 0.200. The fourth-order valence-corrected chi connectivity index (χ4v) is 3.69. The second-order valence-corrected chi connectivity index (χ2v) is 6.96. The van der Waals surface area contributed by atoms with Gasteiger partial charge in [-0.25, -0.2) is 0 Å². The van der Waals surface area contributed by atoms with Crippen molar-refractivity contribution >= 4 is 35.0 Å². The highest BCUT2D eigenvalue weighted by Crippen LogP contribution is 2.30. The number of imide groups is 1. The van der Waals surface area contributed by atoms with Crippen LogP contribution in [0.25, 0.3) is 0 Å². The van der Waals surface area contributed by atoms with Crippen LogP contribution in [0, 0.1) is 10.1 Å². The van der Waals surface area contributed by atoms with Crippen molar-refractivity contribution in [3.63, 3.8) is 0 Å². The van der Waals surface area contributed by atoms with Crippen LogP contribution in [-0.2, 0) is 9.59 Å². The van der Waals surface area contributed by atoms with Crippen LogP contribution < -0.4 is 10.2 Å². The van der Waals surface area contributed by atoms with Crippen LogP contribution >= 0.6 is 0 Å². The Morgan fingerprint density at radius 1 is 1.07 bits per heavy atom. The minimum atomic E-state index is -0.883. The molecule has 4 amide bonds. The largest absolute Gasteiger partial charge is 0.349 e. The second kappa shape index (κ2) is 7.39. The van der Waals surface area contributed by atoms with E-state index in [1.165, 1.54) is 12.1 Å². The first kappa shape index (κ1) is 19.2. The molecule has 2 aromatic rings. The average molecular weight is 408 g/mol. The molecule has 0 bridgehead atoms. The van der Waals surface area contributed by atoms with Gasteiger partial charge in [-0.3, -0.25) is 34.2 Å². The third kappa shape index (κ3) is 3.28. The molecule has 10 heteroatoms. The highest BCUT2D eigenvalue weighted by atomic mass is 16.6.